The summed E-state index contributed by atoms with van der Waals surface area (Å²) in [6.07, 6.45) is -4.27. The standard InChI is InChI=1S/C20H18F3NO3/c1-12-7-13(2)9-14(8-12)10-15-11-18(25)24(19(15)26)16-3-5-17(6-4-16)27-20(21,22)23/h3-9,15H,10-11H2,1-2H3/t15-/m1/s1. The molecule has 4 nitrogen and oxygen atoms in total. The molecule has 1 atom stereocenters. The van der Waals surface area contributed by atoms with Gasteiger partial charge in [0.1, 0.15) is 5.75 Å². The fourth-order valence-electron chi connectivity index (χ4n) is 3.39. The minimum absolute atomic E-state index is 0.0760. The van der Waals surface area contributed by atoms with Crippen molar-refractivity contribution in [1.29, 1.82) is 0 Å². The Balaban J connectivity index is 1.76. The molecule has 0 N–H and O–H groups in total. The molecule has 7 heteroatoms. The van der Waals surface area contributed by atoms with Crippen LogP contribution >= 0.6 is 0 Å². The third-order valence-corrected chi connectivity index (χ3v) is 4.33. The zero-order valence-corrected chi connectivity index (χ0v) is 14.8. The lowest BCUT2D eigenvalue weighted by Crippen LogP contribution is -2.30. The van der Waals surface area contributed by atoms with Crippen LogP contribution in [-0.2, 0) is 16.0 Å². The van der Waals surface area contributed by atoms with Crippen molar-refractivity contribution in [2.75, 3.05) is 4.90 Å². The van der Waals surface area contributed by atoms with Gasteiger partial charge in [-0.15, -0.1) is 13.2 Å². The molecule has 0 radical (unpaired) electrons. The van der Waals surface area contributed by atoms with Crippen molar-refractivity contribution in [1.82, 2.24) is 0 Å². The van der Waals surface area contributed by atoms with Crippen molar-refractivity contribution >= 4 is 17.5 Å². The van der Waals surface area contributed by atoms with Crippen LogP contribution < -0.4 is 9.64 Å². The molecule has 1 heterocycles. The van der Waals surface area contributed by atoms with Crippen LogP contribution in [0.4, 0.5) is 18.9 Å². The Morgan fingerprint density at radius 3 is 2.19 bits per heavy atom. The van der Waals surface area contributed by atoms with Gasteiger partial charge in [-0.25, -0.2) is 0 Å². The molecule has 1 aliphatic heterocycles. The van der Waals surface area contributed by atoms with Crippen molar-refractivity contribution in [3.05, 3.63) is 59.2 Å². The average molecular weight is 377 g/mol. The van der Waals surface area contributed by atoms with Crippen LogP contribution in [0.25, 0.3) is 0 Å². The van der Waals surface area contributed by atoms with Crippen molar-refractivity contribution in [3.63, 3.8) is 0 Å². The van der Waals surface area contributed by atoms with Gasteiger partial charge < -0.3 is 4.74 Å². The van der Waals surface area contributed by atoms with Gasteiger partial charge in [0, 0.05) is 6.42 Å². The highest BCUT2D eigenvalue weighted by molar-refractivity contribution is 6.21. The normalized spacial score (nSPS) is 17.5. The fourth-order valence-corrected chi connectivity index (χ4v) is 3.39. The van der Waals surface area contributed by atoms with E-state index >= 15 is 0 Å². The Morgan fingerprint density at radius 1 is 1.04 bits per heavy atom. The number of aryl methyl sites for hydroxylation is 2. The van der Waals surface area contributed by atoms with Crippen molar-refractivity contribution in [3.8, 4) is 5.75 Å². The molecule has 1 fully saturated rings. The number of ether oxygens (including phenoxy) is 1. The van der Waals surface area contributed by atoms with E-state index in [-0.39, 0.29) is 23.9 Å². The van der Waals surface area contributed by atoms with Crippen molar-refractivity contribution < 1.29 is 27.5 Å². The first-order valence-electron chi connectivity index (χ1n) is 8.42. The second-order valence-electron chi connectivity index (χ2n) is 6.71. The Bertz CT molecular complexity index is 855. The van der Waals surface area contributed by atoms with E-state index in [0.717, 1.165) is 33.7 Å². The maximum absolute atomic E-state index is 12.7. The van der Waals surface area contributed by atoms with E-state index in [0.29, 0.717) is 6.42 Å². The second kappa shape index (κ2) is 7.06. The monoisotopic (exact) mass is 377 g/mol. The quantitative estimate of drug-likeness (QED) is 0.746. The molecule has 0 aliphatic carbocycles. The predicted octanol–water partition coefficient (Wildman–Crippen LogP) is 4.32. The number of anilines is 1. The number of nitrogens with zero attached hydrogens (tertiary/aromatic N) is 1. The molecule has 0 spiro atoms. The number of carbonyl (C=O) groups is 2. The molecule has 2 amide bonds. The number of amides is 2. The first kappa shape index (κ1) is 18.9. The summed E-state index contributed by atoms with van der Waals surface area (Å²) in [4.78, 5) is 26.1. The van der Waals surface area contributed by atoms with E-state index < -0.39 is 18.0 Å². The van der Waals surface area contributed by atoms with Gasteiger partial charge in [0.15, 0.2) is 0 Å². The van der Waals surface area contributed by atoms with E-state index in [1.807, 2.05) is 32.0 Å². The average Bonchev–Trinajstić information content (AvgIpc) is 2.80. The number of hydrogen-bond acceptors (Lipinski definition) is 3. The molecular formula is C20H18F3NO3. The lowest BCUT2D eigenvalue weighted by molar-refractivity contribution is -0.274. The minimum atomic E-state index is -4.79. The molecule has 0 saturated carbocycles. The zero-order valence-electron chi connectivity index (χ0n) is 14.8. The van der Waals surface area contributed by atoms with Crippen LogP contribution in [0.15, 0.2) is 42.5 Å². The van der Waals surface area contributed by atoms with Gasteiger partial charge in [-0.1, -0.05) is 29.3 Å². The number of imide groups is 1. The Labute approximate surface area is 154 Å². The highest BCUT2D eigenvalue weighted by Gasteiger charge is 2.39. The first-order valence-corrected chi connectivity index (χ1v) is 8.42. The largest absolute Gasteiger partial charge is 0.573 e. The second-order valence-corrected chi connectivity index (χ2v) is 6.71. The molecule has 27 heavy (non-hydrogen) atoms. The maximum atomic E-state index is 12.7. The maximum Gasteiger partial charge on any atom is 0.573 e. The number of benzene rings is 2. The Kier molecular flexibility index (Phi) is 4.95. The lowest BCUT2D eigenvalue weighted by Gasteiger charge is -2.16. The lowest BCUT2D eigenvalue weighted by atomic mass is 9.95. The summed E-state index contributed by atoms with van der Waals surface area (Å²) in [7, 11) is 0. The van der Waals surface area contributed by atoms with Gasteiger partial charge >= 0.3 is 6.36 Å². The van der Waals surface area contributed by atoms with E-state index in [1.54, 1.807) is 0 Å². The summed E-state index contributed by atoms with van der Waals surface area (Å²) in [5.41, 5.74) is 3.38. The van der Waals surface area contributed by atoms with Gasteiger partial charge in [0.2, 0.25) is 11.8 Å². The van der Waals surface area contributed by atoms with Gasteiger partial charge in [-0.2, -0.15) is 0 Å². The molecule has 142 valence electrons. The molecule has 1 aliphatic rings. The highest BCUT2D eigenvalue weighted by atomic mass is 19.4. The number of halogens is 3. The fraction of sp³-hybridized carbons (Fsp3) is 0.300. The molecular weight excluding hydrogens is 359 g/mol. The van der Waals surface area contributed by atoms with Crippen LogP contribution in [0.5, 0.6) is 5.75 Å². The smallest absolute Gasteiger partial charge is 0.406 e. The molecule has 0 bridgehead atoms. The topological polar surface area (TPSA) is 46.6 Å². The summed E-state index contributed by atoms with van der Waals surface area (Å²) in [5.74, 6) is -1.59. The van der Waals surface area contributed by atoms with Crippen molar-refractivity contribution in [2.45, 2.75) is 33.1 Å². The molecule has 2 aromatic carbocycles. The number of carbonyl (C=O) groups excluding carboxylic acids is 2. The van der Waals surface area contributed by atoms with Gasteiger partial charge in [-0.05, 0) is 50.1 Å². The minimum Gasteiger partial charge on any atom is -0.406 e. The SMILES string of the molecule is Cc1cc(C)cc(C[C@@H]2CC(=O)N(c3ccc(OC(F)(F)F)cc3)C2=O)c1. The zero-order chi connectivity index (χ0) is 19.8. The van der Waals surface area contributed by atoms with Crippen LogP contribution in [0, 0.1) is 19.8 Å². The van der Waals surface area contributed by atoms with Gasteiger partial charge in [0.05, 0.1) is 11.6 Å². The van der Waals surface area contributed by atoms with E-state index in [2.05, 4.69) is 4.74 Å². The van der Waals surface area contributed by atoms with E-state index in [4.69, 9.17) is 0 Å². The number of rotatable bonds is 4. The number of hydrogen-bond donors (Lipinski definition) is 0. The molecule has 3 rings (SSSR count). The van der Waals surface area contributed by atoms with Gasteiger partial charge in [-0.3, -0.25) is 14.5 Å². The predicted molar refractivity (Wildman–Crippen MR) is 93.3 cm³/mol. The molecule has 2 aromatic rings. The summed E-state index contributed by atoms with van der Waals surface area (Å²) >= 11 is 0. The molecule has 0 aromatic heterocycles. The van der Waals surface area contributed by atoms with Crippen LogP contribution in [0.3, 0.4) is 0 Å². The summed E-state index contributed by atoms with van der Waals surface area (Å²) in [6.45, 7) is 3.93. The molecule has 0 unspecified atom stereocenters. The summed E-state index contributed by atoms with van der Waals surface area (Å²) in [6, 6.07) is 10.7. The third-order valence-electron chi connectivity index (χ3n) is 4.33. The highest BCUT2D eigenvalue weighted by Crippen LogP contribution is 2.31. The third kappa shape index (κ3) is 4.48. The summed E-state index contributed by atoms with van der Waals surface area (Å²) < 4.78 is 40.5. The van der Waals surface area contributed by atoms with Gasteiger partial charge in [0.25, 0.3) is 0 Å². The Morgan fingerprint density at radius 2 is 1.63 bits per heavy atom. The van der Waals surface area contributed by atoms with Crippen LogP contribution in [-0.4, -0.2) is 18.2 Å². The first-order chi connectivity index (χ1) is 12.6. The molecule has 1 saturated heterocycles. The van der Waals surface area contributed by atoms with Crippen LogP contribution in [0.1, 0.15) is 23.1 Å². The van der Waals surface area contributed by atoms with Crippen LogP contribution in [0.2, 0.25) is 0 Å². The Hall–Kier alpha value is -2.83. The number of alkyl halides is 3. The van der Waals surface area contributed by atoms with E-state index in [1.165, 1.54) is 12.1 Å². The van der Waals surface area contributed by atoms with E-state index in [9.17, 15) is 22.8 Å². The summed E-state index contributed by atoms with van der Waals surface area (Å²) in [5, 5.41) is 0. The van der Waals surface area contributed by atoms with Crippen molar-refractivity contribution in [2.24, 2.45) is 5.92 Å².